The van der Waals surface area contributed by atoms with E-state index >= 15 is 0 Å². The molecule has 0 atom stereocenters. The van der Waals surface area contributed by atoms with Crippen molar-refractivity contribution in [2.75, 3.05) is 26.2 Å². The van der Waals surface area contributed by atoms with Crippen LogP contribution in [0.15, 0.2) is 11.4 Å². The Morgan fingerprint density at radius 1 is 1.08 bits per heavy atom. The first kappa shape index (κ1) is 16.9. The van der Waals surface area contributed by atoms with Crippen molar-refractivity contribution in [1.29, 1.82) is 0 Å². The van der Waals surface area contributed by atoms with Crippen LogP contribution >= 0.6 is 11.3 Å². The molecule has 130 valence electrons. The average Bonchev–Trinajstić information content (AvgIpc) is 3.12. The molecule has 2 aliphatic rings. The van der Waals surface area contributed by atoms with Crippen LogP contribution in [0.1, 0.15) is 42.5 Å². The van der Waals surface area contributed by atoms with E-state index in [4.69, 9.17) is 0 Å². The van der Waals surface area contributed by atoms with E-state index in [1.54, 1.807) is 4.90 Å². The van der Waals surface area contributed by atoms with Gasteiger partial charge in [0.15, 0.2) is 0 Å². The van der Waals surface area contributed by atoms with Crippen molar-refractivity contribution in [3.8, 4) is 0 Å². The highest BCUT2D eigenvalue weighted by molar-refractivity contribution is 7.13. The van der Waals surface area contributed by atoms with E-state index in [1.165, 1.54) is 17.9 Å². The summed E-state index contributed by atoms with van der Waals surface area (Å²) in [5, 5.41) is 12.2. The third kappa shape index (κ3) is 3.58. The van der Waals surface area contributed by atoms with Crippen LogP contribution in [0.5, 0.6) is 0 Å². The molecule has 2 fully saturated rings. The molecule has 8 heteroatoms. The summed E-state index contributed by atoms with van der Waals surface area (Å²) in [5.74, 6) is 0.192. The molecule has 1 aliphatic carbocycles. The maximum Gasteiger partial charge on any atom is 0.324 e. The molecule has 0 aromatic carbocycles. The number of carbonyl (C=O) groups is 2. The molecule has 0 unspecified atom stereocenters. The highest BCUT2D eigenvalue weighted by atomic mass is 32.1. The number of amides is 2. The molecule has 24 heavy (non-hydrogen) atoms. The fourth-order valence-electron chi connectivity index (χ4n) is 3.45. The van der Waals surface area contributed by atoms with Crippen LogP contribution in [0.4, 0.5) is 5.00 Å². The molecule has 1 aromatic heterocycles. The van der Waals surface area contributed by atoms with Crippen molar-refractivity contribution in [2.24, 2.45) is 5.92 Å². The molecular weight excluding hydrogens is 330 g/mol. The minimum Gasteiger partial charge on any atom is -0.339 e. The van der Waals surface area contributed by atoms with Crippen molar-refractivity contribution < 1.29 is 14.5 Å². The van der Waals surface area contributed by atoms with E-state index in [0.29, 0.717) is 31.7 Å². The van der Waals surface area contributed by atoms with E-state index in [9.17, 15) is 19.7 Å². The van der Waals surface area contributed by atoms with Crippen LogP contribution in [0.2, 0.25) is 0 Å². The van der Waals surface area contributed by atoms with Gasteiger partial charge < -0.3 is 9.80 Å². The summed E-state index contributed by atoms with van der Waals surface area (Å²) in [5.41, 5.74) is 0.360. The van der Waals surface area contributed by atoms with Gasteiger partial charge in [-0.1, -0.05) is 30.6 Å². The van der Waals surface area contributed by atoms with Gasteiger partial charge in [-0.2, -0.15) is 0 Å². The normalized spacial score (nSPS) is 19.3. The second-order valence-electron chi connectivity index (χ2n) is 6.38. The zero-order chi connectivity index (χ0) is 17.1. The van der Waals surface area contributed by atoms with Gasteiger partial charge in [0.05, 0.1) is 10.5 Å². The third-order valence-corrected chi connectivity index (χ3v) is 5.73. The minimum absolute atomic E-state index is 0.0236. The Bertz CT molecular complexity index is 631. The Morgan fingerprint density at radius 3 is 2.29 bits per heavy atom. The Hall–Kier alpha value is -1.96. The second kappa shape index (κ2) is 7.29. The summed E-state index contributed by atoms with van der Waals surface area (Å²) in [4.78, 5) is 38.7. The van der Waals surface area contributed by atoms with Crippen LogP contribution in [-0.2, 0) is 4.79 Å². The van der Waals surface area contributed by atoms with Crippen LogP contribution in [0.3, 0.4) is 0 Å². The van der Waals surface area contributed by atoms with E-state index < -0.39 is 4.92 Å². The molecule has 1 aromatic rings. The molecule has 1 saturated carbocycles. The molecule has 3 rings (SSSR count). The zero-order valence-electron chi connectivity index (χ0n) is 13.5. The van der Waals surface area contributed by atoms with Gasteiger partial charge in [-0.3, -0.25) is 19.7 Å². The molecule has 2 amide bonds. The summed E-state index contributed by atoms with van der Waals surface area (Å²) in [6, 6.07) is 1.33. The SMILES string of the molecule is O=C(c1csc([N+](=O)[O-])c1)N1CCN(C(=O)C2CCCCC2)CC1. The van der Waals surface area contributed by atoms with Gasteiger partial charge in [0.1, 0.15) is 0 Å². The Labute approximate surface area is 144 Å². The molecule has 1 aliphatic heterocycles. The first-order valence-electron chi connectivity index (χ1n) is 8.37. The first-order valence-corrected chi connectivity index (χ1v) is 9.25. The summed E-state index contributed by atoms with van der Waals surface area (Å²) in [7, 11) is 0. The lowest BCUT2D eigenvalue weighted by Gasteiger charge is -2.37. The van der Waals surface area contributed by atoms with Crippen molar-refractivity contribution in [3.63, 3.8) is 0 Å². The Balaban J connectivity index is 1.55. The van der Waals surface area contributed by atoms with Gasteiger partial charge in [0, 0.05) is 43.5 Å². The number of nitrogens with zero attached hydrogens (tertiary/aromatic N) is 3. The van der Waals surface area contributed by atoms with Gasteiger partial charge in [-0.25, -0.2) is 0 Å². The largest absolute Gasteiger partial charge is 0.339 e. The summed E-state index contributed by atoms with van der Waals surface area (Å²) in [6.07, 6.45) is 5.45. The lowest BCUT2D eigenvalue weighted by molar-refractivity contribution is -0.380. The smallest absolute Gasteiger partial charge is 0.324 e. The Morgan fingerprint density at radius 2 is 1.71 bits per heavy atom. The molecule has 7 nitrogen and oxygen atoms in total. The van der Waals surface area contributed by atoms with Crippen molar-refractivity contribution in [3.05, 3.63) is 27.1 Å². The third-order valence-electron chi connectivity index (χ3n) is 4.85. The van der Waals surface area contributed by atoms with Gasteiger partial charge in [0.25, 0.3) is 5.91 Å². The van der Waals surface area contributed by atoms with Crippen LogP contribution < -0.4 is 0 Å². The minimum atomic E-state index is -0.484. The fourth-order valence-corrected chi connectivity index (χ4v) is 4.15. The number of carbonyl (C=O) groups excluding carboxylic acids is 2. The van der Waals surface area contributed by atoms with Gasteiger partial charge in [0.2, 0.25) is 5.91 Å². The summed E-state index contributed by atoms with van der Waals surface area (Å²) >= 11 is 0.963. The van der Waals surface area contributed by atoms with Gasteiger partial charge in [-0.15, -0.1) is 0 Å². The molecule has 2 heterocycles. The standard InChI is InChI=1S/C16H21N3O4S/c20-15(12-4-2-1-3-5-12)17-6-8-18(9-7-17)16(21)13-10-14(19(22)23)24-11-13/h10-12H,1-9H2. The monoisotopic (exact) mass is 351 g/mol. The number of rotatable bonds is 3. The maximum absolute atomic E-state index is 12.5. The average molecular weight is 351 g/mol. The summed E-state index contributed by atoms with van der Waals surface area (Å²) < 4.78 is 0. The van der Waals surface area contributed by atoms with Crippen LogP contribution in [0, 0.1) is 16.0 Å². The fraction of sp³-hybridized carbons (Fsp3) is 0.625. The van der Waals surface area contributed by atoms with E-state index in [0.717, 1.165) is 37.0 Å². The Kier molecular flexibility index (Phi) is 5.13. The van der Waals surface area contributed by atoms with E-state index in [-0.39, 0.29) is 22.7 Å². The number of nitro groups is 1. The molecule has 0 radical (unpaired) electrons. The highest BCUT2D eigenvalue weighted by Gasteiger charge is 2.30. The molecule has 1 saturated heterocycles. The summed E-state index contributed by atoms with van der Waals surface area (Å²) in [6.45, 7) is 2.07. The topological polar surface area (TPSA) is 83.8 Å². The van der Waals surface area contributed by atoms with Crippen molar-refractivity contribution in [1.82, 2.24) is 9.80 Å². The van der Waals surface area contributed by atoms with Crippen molar-refractivity contribution >= 4 is 28.2 Å². The molecule has 0 bridgehead atoms. The van der Waals surface area contributed by atoms with E-state index in [1.807, 2.05) is 4.90 Å². The quantitative estimate of drug-likeness (QED) is 0.619. The first-order chi connectivity index (χ1) is 11.6. The predicted molar refractivity (Wildman–Crippen MR) is 90.0 cm³/mol. The second-order valence-corrected chi connectivity index (χ2v) is 7.27. The lowest BCUT2D eigenvalue weighted by atomic mass is 9.88. The zero-order valence-corrected chi connectivity index (χ0v) is 14.3. The highest BCUT2D eigenvalue weighted by Crippen LogP contribution is 2.27. The number of hydrogen-bond acceptors (Lipinski definition) is 5. The van der Waals surface area contributed by atoms with Gasteiger partial charge in [-0.05, 0) is 12.8 Å². The number of thiophene rings is 1. The van der Waals surface area contributed by atoms with Gasteiger partial charge >= 0.3 is 5.00 Å². The number of piperazine rings is 1. The van der Waals surface area contributed by atoms with E-state index in [2.05, 4.69) is 0 Å². The van der Waals surface area contributed by atoms with Crippen molar-refractivity contribution in [2.45, 2.75) is 32.1 Å². The number of hydrogen-bond donors (Lipinski definition) is 0. The maximum atomic E-state index is 12.5. The van der Waals surface area contributed by atoms with Crippen LogP contribution in [0.25, 0.3) is 0 Å². The molecular formula is C16H21N3O4S. The molecule has 0 N–H and O–H groups in total. The predicted octanol–water partition coefficient (Wildman–Crippen LogP) is 2.52. The lowest BCUT2D eigenvalue weighted by Crippen LogP contribution is -2.52. The molecule has 0 spiro atoms. The van der Waals surface area contributed by atoms with Crippen LogP contribution in [-0.4, -0.2) is 52.7 Å².